The van der Waals surface area contributed by atoms with Crippen molar-refractivity contribution >= 4 is 5.91 Å². The number of nitrogens with one attached hydrogen (secondary N) is 1. The SMILES string of the molecule is O=C(NC1CCC(n2nc3c(cc2=O)CCC3)CC1)C1COc2ccccc2C1. The number of carbonyl (C=O) groups excluding carboxylic acids is 1. The van der Waals surface area contributed by atoms with E-state index >= 15 is 0 Å². The van der Waals surface area contributed by atoms with Crippen molar-refractivity contribution in [3.63, 3.8) is 0 Å². The molecule has 0 saturated heterocycles. The standard InChI is InChI=1S/C23H27N3O3/c27-22-13-15-5-3-6-20(15)25-26(22)19-10-8-18(9-11-19)24-23(28)17-12-16-4-1-2-7-21(16)29-14-17/h1-2,4,7,13,17-19H,3,5-6,8-12,14H2,(H,24,28). The van der Waals surface area contributed by atoms with Gasteiger partial charge >= 0.3 is 0 Å². The van der Waals surface area contributed by atoms with Crippen molar-refractivity contribution in [1.82, 2.24) is 15.1 Å². The van der Waals surface area contributed by atoms with Crippen LogP contribution in [0.1, 0.15) is 55.0 Å². The lowest BCUT2D eigenvalue weighted by molar-refractivity contribution is -0.127. The van der Waals surface area contributed by atoms with Gasteiger partial charge in [0.25, 0.3) is 5.56 Å². The maximum atomic E-state index is 12.8. The Morgan fingerprint density at radius 3 is 2.79 bits per heavy atom. The number of aryl methyl sites for hydroxylation is 2. The molecule has 1 atom stereocenters. The number of carbonyl (C=O) groups is 1. The van der Waals surface area contributed by atoms with E-state index in [-0.39, 0.29) is 29.5 Å². The third kappa shape index (κ3) is 3.68. The fraction of sp³-hybridized carbons (Fsp3) is 0.522. The number of fused-ring (bicyclic) bond motifs is 2. The second-order valence-corrected chi connectivity index (χ2v) is 8.59. The maximum absolute atomic E-state index is 12.8. The molecule has 6 heteroatoms. The molecule has 1 aromatic carbocycles. The van der Waals surface area contributed by atoms with Gasteiger partial charge in [0, 0.05) is 12.1 Å². The van der Waals surface area contributed by atoms with E-state index in [1.807, 2.05) is 24.3 Å². The largest absolute Gasteiger partial charge is 0.492 e. The minimum absolute atomic E-state index is 0.0242. The van der Waals surface area contributed by atoms with Crippen LogP contribution in [0.2, 0.25) is 0 Å². The molecule has 2 aromatic rings. The Labute approximate surface area is 170 Å². The van der Waals surface area contributed by atoms with Gasteiger partial charge in [-0.2, -0.15) is 5.10 Å². The van der Waals surface area contributed by atoms with Crippen molar-refractivity contribution in [2.24, 2.45) is 5.92 Å². The normalized spacial score (nSPS) is 25.6. The van der Waals surface area contributed by atoms with Gasteiger partial charge in [-0.15, -0.1) is 0 Å². The number of rotatable bonds is 3. The Kier molecular flexibility index (Phi) is 4.86. The number of para-hydroxylation sites is 1. The number of aromatic nitrogens is 2. The summed E-state index contributed by atoms with van der Waals surface area (Å²) in [5.41, 5.74) is 3.35. The Balaban J connectivity index is 1.18. The van der Waals surface area contributed by atoms with E-state index in [2.05, 4.69) is 10.4 Å². The molecule has 1 saturated carbocycles. The monoisotopic (exact) mass is 393 g/mol. The van der Waals surface area contributed by atoms with Crippen LogP contribution < -0.4 is 15.6 Å². The third-order valence-electron chi connectivity index (χ3n) is 6.62. The fourth-order valence-corrected chi connectivity index (χ4v) is 4.96. The van der Waals surface area contributed by atoms with Gasteiger partial charge in [-0.3, -0.25) is 9.59 Å². The van der Waals surface area contributed by atoms with E-state index < -0.39 is 0 Å². The predicted octanol–water partition coefficient (Wildman–Crippen LogP) is 2.58. The Morgan fingerprint density at radius 2 is 1.93 bits per heavy atom. The molecular weight excluding hydrogens is 366 g/mol. The van der Waals surface area contributed by atoms with Gasteiger partial charge in [-0.1, -0.05) is 18.2 Å². The zero-order chi connectivity index (χ0) is 19.8. The van der Waals surface area contributed by atoms with Crippen LogP contribution in [-0.2, 0) is 24.1 Å². The highest BCUT2D eigenvalue weighted by Crippen LogP contribution is 2.30. The summed E-state index contributed by atoms with van der Waals surface area (Å²) in [6, 6.07) is 10.0. The van der Waals surface area contributed by atoms with Crippen molar-refractivity contribution < 1.29 is 9.53 Å². The van der Waals surface area contributed by atoms with E-state index in [1.165, 1.54) is 0 Å². The highest BCUT2D eigenvalue weighted by molar-refractivity contribution is 5.80. The molecule has 0 bridgehead atoms. The Hall–Kier alpha value is -2.63. The van der Waals surface area contributed by atoms with Crippen molar-refractivity contribution in [3.8, 4) is 5.75 Å². The smallest absolute Gasteiger partial charge is 0.267 e. The number of ether oxygens (including phenoxy) is 1. The predicted molar refractivity (Wildman–Crippen MR) is 109 cm³/mol. The van der Waals surface area contributed by atoms with Crippen molar-refractivity contribution in [2.75, 3.05) is 6.61 Å². The summed E-state index contributed by atoms with van der Waals surface area (Å²) in [6.07, 6.45) is 7.30. The van der Waals surface area contributed by atoms with Gasteiger partial charge in [0.05, 0.1) is 17.7 Å². The molecule has 1 unspecified atom stereocenters. The van der Waals surface area contributed by atoms with Crippen LogP contribution in [0.3, 0.4) is 0 Å². The van der Waals surface area contributed by atoms with Crippen molar-refractivity contribution in [1.29, 1.82) is 0 Å². The molecule has 1 amide bonds. The van der Waals surface area contributed by atoms with Gasteiger partial charge in [0.1, 0.15) is 12.4 Å². The first kappa shape index (κ1) is 18.4. The molecule has 3 aliphatic rings. The molecule has 1 fully saturated rings. The molecule has 29 heavy (non-hydrogen) atoms. The van der Waals surface area contributed by atoms with Gasteiger partial charge in [0.2, 0.25) is 5.91 Å². The molecule has 5 rings (SSSR count). The molecule has 1 N–H and O–H groups in total. The van der Waals surface area contributed by atoms with Gasteiger partial charge in [0.15, 0.2) is 0 Å². The Morgan fingerprint density at radius 1 is 1.10 bits per heavy atom. The van der Waals surface area contributed by atoms with Gasteiger partial charge < -0.3 is 10.1 Å². The molecule has 2 aliphatic carbocycles. The van der Waals surface area contributed by atoms with Crippen molar-refractivity contribution in [2.45, 2.75) is 63.5 Å². The quantitative estimate of drug-likeness (QED) is 0.870. The summed E-state index contributed by atoms with van der Waals surface area (Å²) < 4.78 is 7.47. The summed E-state index contributed by atoms with van der Waals surface area (Å²) in [4.78, 5) is 25.2. The molecule has 2 heterocycles. The Bertz CT molecular complexity index is 976. The van der Waals surface area contributed by atoms with Crippen LogP contribution in [-0.4, -0.2) is 28.3 Å². The van der Waals surface area contributed by atoms with Crippen LogP contribution in [0.15, 0.2) is 35.1 Å². The van der Waals surface area contributed by atoms with E-state index in [9.17, 15) is 9.59 Å². The van der Waals surface area contributed by atoms with Crippen LogP contribution >= 0.6 is 0 Å². The topological polar surface area (TPSA) is 73.2 Å². The first-order valence-corrected chi connectivity index (χ1v) is 10.8. The summed E-state index contributed by atoms with van der Waals surface area (Å²) in [6.45, 7) is 0.437. The van der Waals surface area contributed by atoms with Gasteiger partial charge in [-0.25, -0.2) is 4.68 Å². The van der Waals surface area contributed by atoms with E-state index in [0.29, 0.717) is 6.61 Å². The van der Waals surface area contributed by atoms with Crippen LogP contribution in [0, 0.1) is 5.92 Å². The maximum Gasteiger partial charge on any atom is 0.267 e. The molecule has 0 spiro atoms. The molecule has 1 aromatic heterocycles. The first-order chi connectivity index (χ1) is 14.2. The zero-order valence-corrected chi connectivity index (χ0v) is 16.6. The molecule has 1 aliphatic heterocycles. The van der Waals surface area contributed by atoms with Gasteiger partial charge in [-0.05, 0) is 68.6 Å². The lowest BCUT2D eigenvalue weighted by Gasteiger charge is -2.31. The molecular formula is C23H27N3O3. The highest BCUT2D eigenvalue weighted by atomic mass is 16.5. The lowest BCUT2D eigenvalue weighted by atomic mass is 9.90. The average molecular weight is 393 g/mol. The summed E-state index contributed by atoms with van der Waals surface area (Å²) in [7, 11) is 0. The number of nitrogens with zero attached hydrogens (tertiary/aromatic N) is 2. The minimum atomic E-state index is -0.136. The number of benzene rings is 1. The third-order valence-corrected chi connectivity index (χ3v) is 6.62. The highest BCUT2D eigenvalue weighted by Gasteiger charge is 2.30. The van der Waals surface area contributed by atoms with Crippen LogP contribution in [0.25, 0.3) is 0 Å². The molecule has 152 valence electrons. The molecule has 6 nitrogen and oxygen atoms in total. The minimum Gasteiger partial charge on any atom is -0.492 e. The average Bonchev–Trinajstić information content (AvgIpc) is 3.20. The van der Waals surface area contributed by atoms with E-state index in [4.69, 9.17) is 4.74 Å². The summed E-state index contributed by atoms with van der Waals surface area (Å²) >= 11 is 0. The lowest BCUT2D eigenvalue weighted by Crippen LogP contribution is -2.44. The van der Waals surface area contributed by atoms with E-state index in [0.717, 1.165) is 73.9 Å². The second-order valence-electron chi connectivity index (χ2n) is 8.59. The van der Waals surface area contributed by atoms with Crippen molar-refractivity contribution in [3.05, 3.63) is 57.5 Å². The molecule has 0 radical (unpaired) electrons. The zero-order valence-electron chi connectivity index (χ0n) is 16.6. The first-order valence-electron chi connectivity index (χ1n) is 10.8. The van der Waals surface area contributed by atoms with E-state index in [1.54, 1.807) is 10.7 Å². The number of amides is 1. The summed E-state index contributed by atoms with van der Waals surface area (Å²) in [5.74, 6) is 0.837. The number of hydrogen-bond donors (Lipinski definition) is 1. The second kappa shape index (κ2) is 7.65. The fourth-order valence-electron chi connectivity index (χ4n) is 4.96. The van der Waals surface area contributed by atoms with Crippen LogP contribution in [0.4, 0.5) is 0 Å². The number of hydrogen-bond acceptors (Lipinski definition) is 4. The van der Waals surface area contributed by atoms with Crippen LogP contribution in [0.5, 0.6) is 5.75 Å². The summed E-state index contributed by atoms with van der Waals surface area (Å²) in [5, 5.41) is 7.88.